The van der Waals surface area contributed by atoms with Gasteiger partial charge in [0.2, 0.25) is 0 Å². The van der Waals surface area contributed by atoms with Crippen LogP contribution in [0.4, 0.5) is 0 Å². The van der Waals surface area contributed by atoms with Gasteiger partial charge in [-0.05, 0) is 38.9 Å². The number of likely N-dealkylation sites (N-methyl/N-ethyl adjacent to an activating group) is 1. The summed E-state index contributed by atoms with van der Waals surface area (Å²) in [5.41, 5.74) is 2.38. The molecule has 0 saturated carbocycles. The SMILES string of the molecule is C=C(/C=C\C)CCC(C)C(C(=C)CNC)[N+](=C)/C=C(\C)[Si](C)(C)C. The van der Waals surface area contributed by atoms with Crippen LogP contribution in [0.1, 0.15) is 33.6 Å². The van der Waals surface area contributed by atoms with Crippen LogP contribution in [-0.4, -0.2) is 39.0 Å². The lowest BCUT2D eigenvalue weighted by Crippen LogP contribution is -2.35. The molecule has 136 valence electrons. The predicted molar refractivity (Wildman–Crippen MR) is 114 cm³/mol. The lowest BCUT2D eigenvalue weighted by Gasteiger charge is -2.23. The van der Waals surface area contributed by atoms with Crippen molar-refractivity contribution >= 4 is 14.8 Å². The van der Waals surface area contributed by atoms with Gasteiger partial charge in [-0.1, -0.05) is 57.4 Å². The highest BCUT2D eigenvalue weighted by molar-refractivity contribution is 6.82. The van der Waals surface area contributed by atoms with Crippen LogP contribution in [0.5, 0.6) is 0 Å². The fourth-order valence-corrected chi connectivity index (χ4v) is 3.26. The minimum absolute atomic E-state index is 0.238. The van der Waals surface area contributed by atoms with Crippen molar-refractivity contribution in [3.63, 3.8) is 0 Å². The van der Waals surface area contributed by atoms with Crippen LogP contribution < -0.4 is 5.32 Å². The summed E-state index contributed by atoms with van der Waals surface area (Å²) >= 11 is 0. The Morgan fingerprint density at radius 1 is 1.25 bits per heavy atom. The summed E-state index contributed by atoms with van der Waals surface area (Å²) in [6.45, 7) is 27.3. The van der Waals surface area contributed by atoms with Gasteiger partial charge in [0.25, 0.3) is 0 Å². The van der Waals surface area contributed by atoms with Crippen molar-refractivity contribution in [2.45, 2.75) is 59.3 Å². The van der Waals surface area contributed by atoms with Gasteiger partial charge in [0.15, 0.2) is 12.2 Å². The summed E-state index contributed by atoms with van der Waals surface area (Å²) in [7, 11) is 0.676. The van der Waals surface area contributed by atoms with Crippen molar-refractivity contribution in [2.75, 3.05) is 13.6 Å². The lowest BCUT2D eigenvalue weighted by atomic mass is 9.89. The van der Waals surface area contributed by atoms with Gasteiger partial charge >= 0.3 is 0 Å². The highest BCUT2D eigenvalue weighted by Gasteiger charge is 2.29. The van der Waals surface area contributed by atoms with Crippen molar-refractivity contribution in [2.24, 2.45) is 5.92 Å². The van der Waals surface area contributed by atoms with Crippen molar-refractivity contribution < 1.29 is 4.58 Å². The maximum atomic E-state index is 4.33. The quantitative estimate of drug-likeness (QED) is 0.179. The molecule has 0 heterocycles. The summed E-state index contributed by atoms with van der Waals surface area (Å²) in [5, 5.41) is 4.69. The van der Waals surface area contributed by atoms with Gasteiger partial charge in [-0.25, -0.2) is 4.58 Å². The number of hydrogen-bond donors (Lipinski definition) is 1. The van der Waals surface area contributed by atoms with E-state index in [0.29, 0.717) is 5.92 Å². The Kier molecular flexibility index (Phi) is 10.1. The van der Waals surface area contributed by atoms with Crippen molar-refractivity contribution in [1.82, 2.24) is 5.32 Å². The first-order chi connectivity index (χ1) is 11.0. The Morgan fingerprint density at radius 2 is 1.83 bits per heavy atom. The first-order valence-electron chi connectivity index (χ1n) is 8.95. The van der Waals surface area contributed by atoms with E-state index in [1.54, 1.807) is 0 Å². The molecule has 2 unspecified atom stereocenters. The fourth-order valence-electron chi connectivity index (χ4n) is 2.71. The summed E-state index contributed by atoms with van der Waals surface area (Å²) in [5.74, 6) is 0.469. The van der Waals surface area contributed by atoms with E-state index in [1.807, 2.05) is 14.0 Å². The number of nitrogens with one attached hydrogen (secondary N) is 1. The van der Waals surface area contributed by atoms with Gasteiger partial charge in [0, 0.05) is 18.0 Å². The molecule has 0 aromatic heterocycles. The molecule has 0 radical (unpaired) electrons. The second-order valence-corrected chi connectivity index (χ2v) is 13.2. The van der Waals surface area contributed by atoms with Crippen LogP contribution in [0.15, 0.2) is 47.9 Å². The molecule has 0 aromatic carbocycles. The molecule has 3 heteroatoms. The van der Waals surface area contributed by atoms with Crippen molar-refractivity contribution in [1.29, 1.82) is 0 Å². The van der Waals surface area contributed by atoms with E-state index in [9.17, 15) is 0 Å². The smallest absolute Gasteiger partial charge is 0.182 e. The Morgan fingerprint density at radius 3 is 2.29 bits per heavy atom. The normalized spacial score (nSPS) is 15.4. The second kappa shape index (κ2) is 10.6. The zero-order valence-corrected chi connectivity index (χ0v) is 18.1. The molecule has 2 atom stereocenters. The average Bonchev–Trinajstić information content (AvgIpc) is 2.44. The molecule has 0 spiro atoms. The molecular weight excluding hydrogens is 308 g/mol. The van der Waals surface area contributed by atoms with Gasteiger partial charge in [0.05, 0.1) is 8.07 Å². The number of rotatable bonds is 11. The topological polar surface area (TPSA) is 15.0 Å². The lowest BCUT2D eigenvalue weighted by molar-refractivity contribution is -0.491. The fraction of sp³-hybridized carbons (Fsp3) is 0.571. The molecule has 0 fully saturated rings. The number of hydrogen-bond acceptors (Lipinski definition) is 1. The number of nitrogens with zero attached hydrogens (tertiary/aromatic N) is 1. The highest BCUT2D eigenvalue weighted by Crippen LogP contribution is 2.23. The van der Waals surface area contributed by atoms with E-state index >= 15 is 0 Å². The molecular formula is C21H39N2Si+. The third-order valence-corrected chi connectivity index (χ3v) is 7.08. The molecule has 0 aliphatic heterocycles. The Hall–Kier alpha value is -1.19. The molecule has 0 rings (SSSR count). The Balaban J connectivity index is 5.27. The van der Waals surface area contributed by atoms with Gasteiger partial charge < -0.3 is 5.32 Å². The third kappa shape index (κ3) is 8.07. The minimum Gasteiger partial charge on any atom is -0.316 e. The monoisotopic (exact) mass is 347 g/mol. The van der Waals surface area contributed by atoms with Crippen LogP contribution in [0.2, 0.25) is 19.6 Å². The summed E-state index contributed by atoms with van der Waals surface area (Å²) < 4.78 is 2.14. The van der Waals surface area contributed by atoms with E-state index in [2.05, 4.69) is 81.6 Å². The third-order valence-electron chi connectivity index (χ3n) is 4.58. The van der Waals surface area contributed by atoms with Gasteiger partial charge in [-0.3, -0.25) is 0 Å². The van der Waals surface area contributed by atoms with Crippen LogP contribution in [0.3, 0.4) is 0 Å². The maximum absolute atomic E-state index is 4.33. The zero-order valence-electron chi connectivity index (χ0n) is 17.1. The molecule has 1 N–H and O–H groups in total. The largest absolute Gasteiger partial charge is 0.316 e. The van der Waals surface area contributed by atoms with Crippen LogP contribution in [0, 0.1) is 5.92 Å². The molecule has 0 aliphatic rings. The van der Waals surface area contributed by atoms with Crippen molar-refractivity contribution in [3.05, 3.63) is 47.9 Å². The van der Waals surface area contributed by atoms with Crippen molar-refractivity contribution in [3.8, 4) is 0 Å². The van der Waals surface area contributed by atoms with Crippen LogP contribution in [0.25, 0.3) is 0 Å². The van der Waals surface area contributed by atoms with Crippen LogP contribution >= 0.6 is 0 Å². The van der Waals surface area contributed by atoms with E-state index in [0.717, 1.165) is 19.4 Å². The molecule has 0 aliphatic carbocycles. The summed E-state index contributed by atoms with van der Waals surface area (Å²) in [4.78, 5) is 0. The first-order valence-corrected chi connectivity index (χ1v) is 12.4. The van der Waals surface area contributed by atoms with E-state index in [1.165, 1.54) is 16.3 Å². The van der Waals surface area contributed by atoms with Gasteiger partial charge in [-0.2, -0.15) is 0 Å². The molecule has 0 amide bonds. The summed E-state index contributed by atoms with van der Waals surface area (Å²) in [6.07, 6.45) is 8.50. The van der Waals surface area contributed by atoms with E-state index < -0.39 is 8.07 Å². The zero-order chi connectivity index (χ0) is 18.9. The van der Waals surface area contributed by atoms with E-state index in [-0.39, 0.29) is 6.04 Å². The van der Waals surface area contributed by atoms with Gasteiger partial charge in [-0.15, -0.1) is 0 Å². The second-order valence-electron chi connectivity index (χ2n) is 7.88. The van der Waals surface area contributed by atoms with Gasteiger partial charge in [0.1, 0.15) is 6.72 Å². The Bertz CT molecular complexity index is 506. The van der Waals surface area contributed by atoms with E-state index in [4.69, 9.17) is 0 Å². The molecule has 0 bridgehead atoms. The standard InChI is InChI=1S/C21H39N2Si/c1-11-12-17(2)13-14-18(3)21(19(4)15-22-6)23(7)16-20(5)24(8,9)10/h11-12,16,18,21-22H,2,4,7,13-15H2,1,3,5-6,8-10H3/q+1/b12-11-,20-16+. The molecule has 0 aromatic rings. The van der Waals surface area contributed by atoms with Crippen LogP contribution in [-0.2, 0) is 0 Å². The maximum Gasteiger partial charge on any atom is 0.182 e. The first kappa shape index (κ1) is 22.8. The average molecular weight is 348 g/mol. The predicted octanol–water partition coefficient (Wildman–Crippen LogP) is 5.17. The molecule has 0 saturated heterocycles. The molecule has 24 heavy (non-hydrogen) atoms. The number of allylic oxidation sites excluding steroid dienone is 4. The minimum atomic E-state index is -1.29. The molecule has 2 nitrogen and oxygen atoms in total. The summed E-state index contributed by atoms with van der Waals surface area (Å²) in [6, 6.07) is 0.238. The highest BCUT2D eigenvalue weighted by atomic mass is 28.3. The Labute approximate surface area is 151 Å².